The largest absolute Gasteiger partial charge is 0.332 e. The Morgan fingerprint density at radius 2 is 1.74 bits per heavy atom. The molecule has 0 radical (unpaired) electrons. The number of aromatic nitrogens is 4. The van der Waals surface area contributed by atoms with E-state index in [0.717, 1.165) is 10.1 Å². The Morgan fingerprint density at radius 1 is 1.04 bits per heavy atom. The van der Waals surface area contributed by atoms with Crippen molar-refractivity contribution in [1.29, 1.82) is 0 Å². The fourth-order valence-electron chi connectivity index (χ4n) is 2.36. The van der Waals surface area contributed by atoms with E-state index in [1.807, 2.05) is 30.3 Å². The summed E-state index contributed by atoms with van der Waals surface area (Å²) in [6.07, 6.45) is 0. The average Bonchev–Trinajstić information content (AvgIpc) is 2.56. The van der Waals surface area contributed by atoms with Gasteiger partial charge >= 0.3 is 5.69 Å². The van der Waals surface area contributed by atoms with Crippen LogP contribution >= 0.6 is 11.8 Å². The second-order valence-electron chi connectivity index (χ2n) is 5.25. The second kappa shape index (κ2) is 6.00. The molecular formula is C16H16N4O2S. The fourth-order valence-corrected chi connectivity index (χ4v) is 3.38. The highest BCUT2D eigenvalue weighted by molar-refractivity contribution is 7.98. The first-order chi connectivity index (χ1) is 11.0. The number of nitrogens with zero attached hydrogens (tertiary/aromatic N) is 4. The van der Waals surface area contributed by atoms with Crippen molar-refractivity contribution in [2.45, 2.75) is 17.7 Å². The quantitative estimate of drug-likeness (QED) is 0.540. The van der Waals surface area contributed by atoms with Crippen LogP contribution in [0.1, 0.15) is 11.4 Å². The van der Waals surface area contributed by atoms with Crippen molar-refractivity contribution < 1.29 is 0 Å². The van der Waals surface area contributed by atoms with Crippen LogP contribution in [0.25, 0.3) is 11.0 Å². The normalized spacial score (nSPS) is 11.1. The van der Waals surface area contributed by atoms with Crippen molar-refractivity contribution in [2.24, 2.45) is 14.1 Å². The third kappa shape index (κ3) is 2.79. The van der Waals surface area contributed by atoms with Crippen molar-refractivity contribution >= 4 is 22.8 Å². The molecule has 0 spiro atoms. The third-order valence-corrected chi connectivity index (χ3v) is 4.64. The molecule has 7 heteroatoms. The van der Waals surface area contributed by atoms with Crippen LogP contribution in [-0.4, -0.2) is 19.1 Å². The standard InChI is InChI=1S/C16H16N4O2S/c1-10-17-13-12(15(21)20(3)16(22)19(13)2)14(18-10)23-9-11-7-5-4-6-8-11/h4-8H,9H2,1-3H3. The number of benzene rings is 1. The Labute approximate surface area is 136 Å². The van der Waals surface area contributed by atoms with Crippen LogP contribution in [0.5, 0.6) is 0 Å². The van der Waals surface area contributed by atoms with Gasteiger partial charge in [-0.05, 0) is 12.5 Å². The molecule has 0 bridgehead atoms. The van der Waals surface area contributed by atoms with Crippen LogP contribution in [0, 0.1) is 6.92 Å². The lowest BCUT2D eigenvalue weighted by Gasteiger charge is -2.10. The Kier molecular flexibility index (Phi) is 4.04. The molecule has 3 aromatic rings. The first-order valence-corrected chi connectivity index (χ1v) is 8.08. The van der Waals surface area contributed by atoms with Gasteiger partial charge in [0.15, 0.2) is 5.65 Å². The molecule has 2 heterocycles. The van der Waals surface area contributed by atoms with Gasteiger partial charge in [-0.15, -0.1) is 11.8 Å². The van der Waals surface area contributed by atoms with Crippen molar-refractivity contribution in [2.75, 3.05) is 0 Å². The molecule has 0 atom stereocenters. The lowest BCUT2D eigenvalue weighted by atomic mass is 10.2. The molecule has 23 heavy (non-hydrogen) atoms. The summed E-state index contributed by atoms with van der Waals surface area (Å²) in [6.45, 7) is 1.76. The zero-order valence-corrected chi connectivity index (χ0v) is 13.9. The maximum atomic E-state index is 12.5. The minimum Gasteiger partial charge on any atom is -0.280 e. The van der Waals surface area contributed by atoms with Gasteiger partial charge in [-0.25, -0.2) is 14.8 Å². The second-order valence-corrected chi connectivity index (χ2v) is 6.22. The van der Waals surface area contributed by atoms with Crippen LogP contribution in [0.4, 0.5) is 0 Å². The highest BCUT2D eigenvalue weighted by Gasteiger charge is 2.16. The van der Waals surface area contributed by atoms with E-state index in [1.54, 1.807) is 14.0 Å². The summed E-state index contributed by atoms with van der Waals surface area (Å²) in [5, 5.41) is 0.994. The van der Waals surface area contributed by atoms with Gasteiger partial charge in [0.25, 0.3) is 5.56 Å². The Morgan fingerprint density at radius 3 is 2.43 bits per heavy atom. The predicted molar refractivity (Wildman–Crippen MR) is 90.8 cm³/mol. The molecule has 0 saturated carbocycles. The molecule has 0 N–H and O–H groups in total. The number of aryl methyl sites for hydroxylation is 2. The molecule has 1 aromatic carbocycles. The van der Waals surface area contributed by atoms with E-state index in [4.69, 9.17) is 0 Å². The SMILES string of the molecule is Cc1nc(SCc2ccccc2)c2c(=O)n(C)c(=O)n(C)c2n1. The van der Waals surface area contributed by atoms with Gasteiger partial charge < -0.3 is 0 Å². The minimum atomic E-state index is -0.389. The van der Waals surface area contributed by atoms with Crippen LogP contribution in [0.3, 0.4) is 0 Å². The van der Waals surface area contributed by atoms with E-state index in [9.17, 15) is 9.59 Å². The summed E-state index contributed by atoms with van der Waals surface area (Å²) >= 11 is 1.47. The lowest BCUT2D eigenvalue weighted by molar-refractivity contribution is 0.701. The zero-order valence-electron chi connectivity index (χ0n) is 13.1. The summed E-state index contributed by atoms with van der Waals surface area (Å²) in [7, 11) is 3.08. The van der Waals surface area contributed by atoms with Gasteiger partial charge in [0, 0.05) is 19.8 Å². The summed E-state index contributed by atoms with van der Waals surface area (Å²) in [4.78, 5) is 33.3. The summed E-state index contributed by atoms with van der Waals surface area (Å²) in [5.41, 5.74) is 0.767. The van der Waals surface area contributed by atoms with E-state index in [0.29, 0.717) is 27.6 Å². The van der Waals surface area contributed by atoms with Crippen LogP contribution in [-0.2, 0) is 19.8 Å². The fraction of sp³-hybridized carbons (Fsp3) is 0.250. The van der Waals surface area contributed by atoms with Gasteiger partial charge in [-0.2, -0.15) is 0 Å². The number of rotatable bonds is 3. The van der Waals surface area contributed by atoms with Crippen LogP contribution in [0.15, 0.2) is 44.9 Å². The molecule has 2 aromatic heterocycles. The van der Waals surface area contributed by atoms with Crippen molar-refractivity contribution in [1.82, 2.24) is 19.1 Å². The van der Waals surface area contributed by atoms with Gasteiger partial charge in [-0.3, -0.25) is 13.9 Å². The summed E-state index contributed by atoms with van der Waals surface area (Å²) in [6, 6.07) is 9.96. The number of hydrogen-bond donors (Lipinski definition) is 0. The van der Waals surface area contributed by atoms with Crippen LogP contribution < -0.4 is 11.2 Å². The van der Waals surface area contributed by atoms with Crippen molar-refractivity contribution in [3.8, 4) is 0 Å². The summed E-state index contributed by atoms with van der Waals surface area (Å²) < 4.78 is 2.48. The van der Waals surface area contributed by atoms with E-state index in [1.165, 1.54) is 23.4 Å². The van der Waals surface area contributed by atoms with Crippen molar-refractivity contribution in [3.05, 3.63) is 62.6 Å². The maximum Gasteiger partial charge on any atom is 0.332 e. The minimum absolute atomic E-state index is 0.362. The number of thioether (sulfide) groups is 1. The van der Waals surface area contributed by atoms with Crippen LogP contribution in [0.2, 0.25) is 0 Å². The first-order valence-electron chi connectivity index (χ1n) is 7.10. The Balaban J connectivity index is 2.17. The molecule has 0 fully saturated rings. The molecule has 118 valence electrons. The molecule has 0 saturated heterocycles. The van der Waals surface area contributed by atoms with Gasteiger partial charge in [0.1, 0.15) is 16.2 Å². The molecule has 0 aliphatic rings. The molecule has 0 aliphatic heterocycles. The predicted octanol–water partition coefficient (Wildman–Crippen LogP) is 1.63. The van der Waals surface area contributed by atoms with E-state index < -0.39 is 0 Å². The third-order valence-electron chi connectivity index (χ3n) is 3.60. The highest BCUT2D eigenvalue weighted by Crippen LogP contribution is 2.25. The van der Waals surface area contributed by atoms with Gasteiger partial charge in [-0.1, -0.05) is 30.3 Å². The topological polar surface area (TPSA) is 69.8 Å². The zero-order chi connectivity index (χ0) is 16.6. The lowest BCUT2D eigenvalue weighted by Crippen LogP contribution is -2.37. The van der Waals surface area contributed by atoms with E-state index in [2.05, 4.69) is 9.97 Å². The molecule has 0 unspecified atom stereocenters. The summed E-state index contributed by atoms with van der Waals surface area (Å²) in [5.74, 6) is 1.23. The highest BCUT2D eigenvalue weighted by atomic mass is 32.2. The first kappa shape index (κ1) is 15.5. The van der Waals surface area contributed by atoms with Crippen molar-refractivity contribution in [3.63, 3.8) is 0 Å². The average molecular weight is 328 g/mol. The molecule has 6 nitrogen and oxygen atoms in total. The van der Waals surface area contributed by atoms with E-state index >= 15 is 0 Å². The maximum absolute atomic E-state index is 12.5. The molecular weight excluding hydrogens is 312 g/mol. The molecule has 0 amide bonds. The Bertz CT molecular complexity index is 993. The van der Waals surface area contributed by atoms with E-state index in [-0.39, 0.29) is 11.2 Å². The monoisotopic (exact) mass is 328 g/mol. The smallest absolute Gasteiger partial charge is 0.280 e. The van der Waals surface area contributed by atoms with Gasteiger partial charge in [0.05, 0.1) is 0 Å². The molecule has 3 rings (SSSR count). The molecule has 0 aliphatic carbocycles. The Hall–Kier alpha value is -2.41. The van der Waals surface area contributed by atoms with Gasteiger partial charge in [0.2, 0.25) is 0 Å². The number of fused-ring (bicyclic) bond motifs is 1. The number of hydrogen-bond acceptors (Lipinski definition) is 5.